The Morgan fingerprint density at radius 2 is 1.94 bits per heavy atom. The summed E-state index contributed by atoms with van der Waals surface area (Å²) in [4.78, 5) is 0. The van der Waals surface area contributed by atoms with Crippen LogP contribution in [0.2, 0.25) is 0 Å². The van der Waals surface area contributed by atoms with Gasteiger partial charge in [0.15, 0.2) is 9.84 Å². The van der Waals surface area contributed by atoms with Gasteiger partial charge in [0.25, 0.3) is 0 Å². The van der Waals surface area contributed by atoms with E-state index in [2.05, 4.69) is 6.92 Å². The SMILES string of the molecule is CCCC1CCC(N)C(S(=O)(=O)C(C)C)C1. The summed E-state index contributed by atoms with van der Waals surface area (Å²) < 4.78 is 24.3. The Morgan fingerprint density at radius 1 is 1.31 bits per heavy atom. The minimum absolute atomic E-state index is 0.152. The van der Waals surface area contributed by atoms with E-state index in [1.165, 1.54) is 0 Å². The zero-order valence-corrected chi connectivity index (χ0v) is 11.5. The molecule has 3 nitrogen and oxygen atoms in total. The van der Waals surface area contributed by atoms with Crippen molar-refractivity contribution in [3.05, 3.63) is 0 Å². The van der Waals surface area contributed by atoms with Gasteiger partial charge in [0, 0.05) is 6.04 Å². The topological polar surface area (TPSA) is 60.2 Å². The van der Waals surface area contributed by atoms with Crippen molar-refractivity contribution in [3.63, 3.8) is 0 Å². The van der Waals surface area contributed by atoms with Gasteiger partial charge in [-0.2, -0.15) is 0 Å². The highest BCUT2D eigenvalue weighted by atomic mass is 32.2. The molecule has 0 bridgehead atoms. The summed E-state index contributed by atoms with van der Waals surface area (Å²) in [5.74, 6) is 0.559. The smallest absolute Gasteiger partial charge is 0.157 e. The van der Waals surface area contributed by atoms with E-state index in [0.29, 0.717) is 5.92 Å². The van der Waals surface area contributed by atoms with E-state index in [-0.39, 0.29) is 16.5 Å². The fourth-order valence-electron chi connectivity index (χ4n) is 2.63. The first-order chi connectivity index (χ1) is 7.39. The largest absolute Gasteiger partial charge is 0.327 e. The summed E-state index contributed by atoms with van der Waals surface area (Å²) in [5.41, 5.74) is 5.98. The van der Waals surface area contributed by atoms with Crippen LogP contribution in [0.25, 0.3) is 0 Å². The molecule has 1 rings (SSSR count). The van der Waals surface area contributed by atoms with Gasteiger partial charge in [-0.05, 0) is 39.0 Å². The molecule has 1 aliphatic rings. The standard InChI is InChI=1S/C12H25NO2S/c1-4-5-10-6-7-11(13)12(8-10)16(14,15)9(2)3/h9-12H,4-8,13H2,1-3H3. The molecule has 0 spiro atoms. The van der Waals surface area contributed by atoms with Crippen LogP contribution < -0.4 is 5.73 Å². The molecule has 3 atom stereocenters. The molecule has 0 saturated heterocycles. The minimum Gasteiger partial charge on any atom is -0.327 e. The van der Waals surface area contributed by atoms with Crippen molar-refractivity contribution in [1.82, 2.24) is 0 Å². The number of hydrogen-bond acceptors (Lipinski definition) is 3. The van der Waals surface area contributed by atoms with Crippen LogP contribution in [-0.4, -0.2) is 25.0 Å². The number of nitrogens with two attached hydrogens (primary N) is 1. The van der Waals surface area contributed by atoms with Gasteiger partial charge in [-0.1, -0.05) is 19.8 Å². The Hall–Kier alpha value is -0.0900. The van der Waals surface area contributed by atoms with Crippen LogP contribution in [0.3, 0.4) is 0 Å². The van der Waals surface area contributed by atoms with Crippen LogP contribution in [-0.2, 0) is 9.84 Å². The van der Waals surface area contributed by atoms with Crippen molar-refractivity contribution in [2.45, 2.75) is 69.4 Å². The Balaban J connectivity index is 2.77. The Bertz CT molecular complexity index is 311. The molecule has 0 aromatic rings. The third-order valence-electron chi connectivity index (χ3n) is 3.73. The summed E-state index contributed by atoms with van der Waals surface area (Å²) in [6.07, 6.45) is 5.00. The van der Waals surface area contributed by atoms with Gasteiger partial charge in [0.05, 0.1) is 10.5 Å². The molecule has 1 fully saturated rings. The van der Waals surface area contributed by atoms with Crippen LogP contribution in [0.4, 0.5) is 0 Å². The highest BCUT2D eigenvalue weighted by Gasteiger charge is 2.38. The normalized spacial score (nSPS) is 31.9. The Labute approximate surface area is 99.7 Å². The lowest BCUT2D eigenvalue weighted by Crippen LogP contribution is -2.47. The molecule has 0 aromatic heterocycles. The summed E-state index contributed by atoms with van der Waals surface area (Å²) >= 11 is 0. The first-order valence-corrected chi connectivity index (χ1v) is 7.98. The molecule has 4 heteroatoms. The van der Waals surface area contributed by atoms with Crippen molar-refractivity contribution < 1.29 is 8.42 Å². The number of hydrogen-bond donors (Lipinski definition) is 1. The molecule has 16 heavy (non-hydrogen) atoms. The van der Waals surface area contributed by atoms with Gasteiger partial charge in [-0.15, -0.1) is 0 Å². The van der Waals surface area contributed by atoms with Crippen molar-refractivity contribution >= 4 is 9.84 Å². The molecule has 0 aromatic carbocycles. The molecule has 0 aliphatic heterocycles. The lowest BCUT2D eigenvalue weighted by Gasteiger charge is -2.34. The number of sulfone groups is 1. The quantitative estimate of drug-likeness (QED) is 0.827. The Kier molecular flexibility index (Phi) is 4.80. The second kappa shape index (κ2) is 5.50. The molecule has 1 aliphatic carbocycles. The minimum atomic E-state index is -3.03. The fraction of sp³-hybridized carbons (Fsp3) is 1.00. The van der Waals surface area contributed by atoms with Crippen molar-refractivity contribution in [1.29, 1.82) is 0 Å². The molecule has 0 amide bonds. The molecular weight excluding hydrogens is 222 g/mol. The van der Waals surface area contributed by atoms with E-state index in [1.807, 2.05) is 0 Å². The van der Waals surface area contributed by atoms with E-state index < -0.39 is 9.84 Å². The maximum Gasteiger partial charge on any atom is 0.157 e. The summed E-state index contributed by atoms with van der Waals surface area (Å²) in [6, 6.07) is -0.152. The van der Waals surface area contributed by atoms with Crippen LogP contribution in [0.1, 0.15) is 52.9 Å². The van der Waals surface area contributed by atoms with Gasteiger partial charge in [0.2, 0.25) is 0 Å². The predicted octanol–water partition coefficient (Wildman–Crippen LogP) is 2.11. The van der Waals surface area contributed by atoms with Gasteiger partial charge in [0.1, 0.15) is 0 Å². The van der Waals surface area contributed by atoms with Gasteiger partial charge in [-0.3, -0.25) is 0 Å². The maximum absolute atomic E-state index is 12.2. The molecule has 3 unspecified atom stereocenters. The van der Waals surface area contributed by atoms with Crippen LogP contribution >= 0.6 is 0 Å². The third kappa shape index (κ3) is 2.98. The van der Waals surface area contributed by atoms with E-state index in [1.54, 1.807) is 13.8 Å². The molecule has 96 valence electrons. The second-order valence-corrected chi connectivity index (χ2v) is 8.03. The van der Waals surface area contributed by atoms with Crippen LogP contribution in [0, 0.1) is 5.92 Å². The van der Waals surface area contributed by atoms with Gasteiger partial charge in [-0.25, -0.2) is 8.42 Å². The molecule has 0 radical (unpaired) electrons. The molecule has 2 N–H and O–H groups in total. The monoisotopic (exact) mass is 247 g/mol. The summed E-state index contributed by atoms with van der Waals surface area (Å²) in [7, 11) is -3.03. The zero-order chi connectivity index (χ0) is 12.3. The van der Waals surface area contributed by atoms with Crippen molar-refractivity contribution in [2.24, 2.45) is 11.7 Å². The average Bonchev–Trinajstić information content (AvgIpc) is 2.20. The Morgan fingerprint density at radius 3 is 2.44 bits per heavy atom. The fourth-order valence-corrected chi connectivity index (χ4v) is 4.50. The van der Waals surface area contributed by atoms with Crippen LogP contribution in [0.5, 0.6) is 0 Å². The first-order valence-electron chi connectivity index (χ1n) is 6.37. The molecular formula is C12H25NO2S. The van der Waals surface area contributed by atoms with E-state index in [9.17, 15) is 8.42 Å². The van der Waals surface area contributed by atoms with E-state index >= 15 is 0 Å². The van der Waals surface area contributed by atoms with E-state index in [0.717, 1.165) is 32.1 Å². The predicted molar refractivity (Wildman–Crippen MR) is 68.1 cm³/mol. The third-order valence-corrected chi connectivity index (χ3v) is 6.43. The second-order valence-electron chi connectivity index (χ2n) is 5.31. The highest BCUT2D eigenvalue weighted by Crippen LogP contribution is 2.32. The van der Waals surface area contributed by atoms with Crippen molar-refractivity contribution in [2.75, 3.05) is 0 Å². The van der Waals surface area contributed by atoms with Crippen LogP contribution in [0.15, 0.2) is 0 Å². The highest BCUT2D eigenvalue weighted by molar-refractivity contribution is 7.92. The maximum atomic E-state index is 12.2. The lowest BCUT2D eigenvalue weighted by molar-refractivity contribution is 0.308. The van der Waals surface area contributed by atoms with E-state index in [4.69, 9.17) is 5.73 Å². The molecule has 1 saturated carbocycles. The zero-order valence-electron chi connectivity index (χ0n) is 10.6. The summed E-state index contributed by atoms with van der Waals surface area (Å²) in [6.45, 7) is 5.66. The first kappa shape index (κ1) is 14.0. The van der Waals surface area contributed by atoms with Gasteiger partial charge >= 0.3 is 0 Å². The lowest BCUT2D eigenvalue weighted by atomic mass is 9.83. The summed E-state index contributed by atoms with van der Waals surface area (Å²) in [5, 5.41) is -0.610. The van der Waals surface area contributed by atoms with Crippen molar-refractivity contribution in [3.8, 4) is 0 Å². The number of rotatable bonds is 4. The molecule has 0 heterocycles. The van der Waals surface area contributed by atoms with Gasteiger partial charge < -0.3 is 5.73 Å². The average molecular weight is 247 g/mol.